The maximum atomic E-state index is 11.2. The zero-order valence-electron chi connectivity index (χ0n) is 10.1. The smallest absolute Gasteiger partial charge is 0.223 e. The van der Waals surface area contributed by atoms with Crippen molar-refractivity contribution in [1.29, 1.82) is 0 Å². The summed E-state index contributed by atoms with van der Waals surface area (Å²) >= 11 is 0. The van der Waals surface area contributed by atoms with Crippen molar-refractivity contribution in [3.63, 3.8) is 0 Å². The number of nitrogens with one attached hydrogen (secondary N) is 1. The summed E-state index contributed by atoms with van der Waals surface area (Å²) in [6, 6.07) is 1.42. The van der Waals surface area contributed by atoms with E-state index in [-0.39, 0.29) is 11.2 Å². The molecule has 94 valence electrons. The highest BCUT2D eigenvalue weighted by Crippen LogP contribution is 2.09. The standard InChI is InChI=1S/C12H19N3O2/c1-10-12(17)11(16)2-5-15(10)9-8-14-6-3-13-4-7-14/h2,5,13,17H,3-4,6-9H2,1H3. The van der Waals surface area contributed by atoms with Crippen LogP contribution < -0.4 is 10.7 Å². The molecule has 0 bridgehead atoms. The molecule has 2 N–H and O–H groups in total. The van der Waals surface area contributed by atoms with Crippen LogP contribution in [0.15, 0.2) is 17.1 Å². The van der Waals surface area contributed by atoms with E-state index < -0.39 is 0 Å². The molecular formula is C12H19N3O2. The summed E-state index contributed by atoms with van der Waals surface area (Å²) in [5.74, 6) is -0.132. The predicted molar refractivity (Wildman–Crippen MR) is 66.4 cm³/mol. The van der Waals surface area contributed by atoms with Gasteiger partial charge in [-0.3, -0.25) is 9.69 Å². The van der Waals surface area contributed by atoms with Gasteiger partial charge < -0.3 is 15.0 Å². The first kappa shape index (κ1) is 12.1. The average Bonchev–Trinajstić information content (AvgIpc) is 2.36. The highest BCUT2D eigenvalue weighted by Gasteiger charge is 2.10. The van der Waals surface area contributed by atoms with Gasteiger partial charge in [0, 0.05) is 51.5 Å². The molecule has 1 aromatic heterocycles. The van der Waals surface area contributed by atoms with E-state index in [0.717, 1.165) is 39.3 Å². The molecule has 0 atom stereocenters. The number of pyridine rings is 1. The largest absolute Gasteiger partial charge is 0.503 e. The molecule has 0 aliphatic carbocycles. The van der Waals surface area contributed by atoms with E-state index >= 15 is 0 Å². The Morgan fingerprint density at radius 1 is 1.35 bits per heavy atom. The monoisotopic (exact) mass is 237 g/mol. The highest BCUT2D eigenvalue weighted by atomic mass is 16.3. The van der Waals surface area contributed by atoms with Gasteiger partial charge in [0.1, 0.15) is 0 Å². The van der Waals surface area contributed by atoms with Crippen molar-refractivity contribution in [2.24, 2.45) is 0 Å². The van der Waals surface area contributed by atoms with Gasteiger partial charge in [0.15, 0.2) is 5.75 Å². The van der Waals surface area contributed by atoms with E-state index in [1.54, 1.807) is 13.1 Å². The molecule has 2 heterocycles. The SMILES string of the molecule is Cc1c(O)c(=O)ccn1CCN1CCNCC1. The van der Waals surface area contributed by atoms with Crippen LogP contribution in [0.1, 0.15) is 5.69 Å². The second-order valence-electron chi connectivity index (χ2n) is 4.40. The number of piperazine rings is 1. The number of aromatic nitrogens is 1. The van der Waals surface area contributed by atoms with Crippen molar-refractivity contribution >= 4 is 0 Å². The number of nitrogens with zero attached hydrogens (tertiary/aromatic N) is 2. The first-order chi connectivity index (χ1) is 8.18. The molecule has 0 radical (unpaired) electrons. The van der Waals surface area contributed by atoms with E-state index in [4.69, 9.17) is 0 Å². The van der Waals surface area contributed by atoms with Gasteiger partial charge in [-0.15, -0.1) is 0 Å². The average molecular weight is 237 g/mol. The van der Waals surface area contributed by atoms with E-state index in [9.17, 15) is 9.90 Å². The van der Waals surface area contributed by atoms with Crippen LogP contribution in [0.25, 0.3) is 0 Å². The Kier molecular flexibility index (Phi) is 3.81. The second kappa shape index (κ2) is 5.33. The molecule has 1 saturated heterocycles. The van der Waals surface area contributed by atoms with Crippen molar-refractivity contribution in [3.8, 4) is 5.75 Å². The van der Waals surface area contributed by atoms with Gasteiger partial charge in [-0.2, -0.15) is 0 Å². The lowest BCUT2D eigenvalue weighted by molar-refractivity contribution is 0.231. The third-order valence-electron chi connectivity index (χ3n) is 3.28. The summed E-state index contributed by atoms with van der Waals surface area (Å²) < 4.78 is 1.93. The Hall–Kier alpha value is -1.33. The lowest BCUT2D eigenvalue weighted by atomic mass is 10.3. The zero-order chi connectivity index (χ0) is 12.3. The Balaban J connectivity index is 1.99. The molecule has 0 saturated carbocycles. The minimum absolute atomic E-state index is 0.132. The predicted octanol–water partition coefficient (Wildman–Crippen LogP) is -0.232. The highest BCUT2D eigenvalue weighted by molar-refractivity contribution is 5.25. The summed E-state index contributed by atoms with van der Waals surface area (Å²) in [5, 5.41) is 12.9. The number of hydrogen-bond donors (Lipinski definition) is 2. The van der Waals surface area contributed by atoms with Gasteiger partial charge >= 0.3 is 0 Å². The van der Waals surface area contributed by atoms with Crippen molar-refractivity contribution in [3.05, 3.63) is 28.2 Å². The molecular weight excluding hydrogens is 218 g/mol. The molecule has 5 nitrogen and oxygen atoms in total. The Labute approximate surface area is 101 Å². The fraction of sp³-hybridized carbons (Fsp3) is 0.583. The Morgan fingerprint density at radius 2 is 2.06 bits per heavy atom. The summed E-state index contributed by atoms with van der Waals surface area (Å²) in [7, 11) is 0. The van der Waals surface area contributed by atoms with Crippen molar-refractivity contribution < 1.29 is 5.11 Å². The molecule has 2 rings (SSSR count). The van der Waals surface area contributed by atoms with E-state index in [2.05, 4.69) is 10.2 Å². The molecule has 1 aliphatic rings. The van der Waals surface area contributed by atoms with Gasteiger partial charge in [-0.1, -0.05) is 0 Å². The van der Waals surface area contributed by atoms with E-state index in [0.29, 0.717) is 5.69 Å². The van der Waals surface area contributed by atoms with E-state index in [1.807, 2.05) is 4.57 Å². The van der Waals surface area contributed by atoms with Crippen LogP contribution in [0.3, 0.4) is 0 Å². The molecule has 5 heteroatoms. The van der Waals surface area contributed by atoms with Gasteiger partial charge in [0.25, 0.3) is 0 Å². The first-order valence-corrected chi connectivity index (χ1v) is 6.00. The maximum Gasteiger partial charge on any atom is 0.223 e. The summed E-state index contributed by atoms with van der Waals surface area (Å²) in [6.07, 6.45) is 1.75. The normalized spacial score (nSPS) is 17.2. The van der Waals surface area contributed by atoms with Crippen LogP contribution in [0.5, 0.6) is 5.75 Å². The number of hydrogen-bond acceptors (Lipinski definition) is 4. The fourth-order valence-electron chi connectivity index (χ4n) is 2.09. The fourth-order valence-corrected chi connectivity index (χ4v) is 2.09. The van der Waals surface area contributed by atoms with Crippen molar-refractivity contribution in [1.82, 2.24) is 14.8 Å². The van der Waals surface area contributed by atoms with Gasteiger partial charge in [0.2, 0.25) is 5.43 Å². The van der Waals surface area contributed by atoms with Crippen LogP contribution in [-0.2, 0) is 6.54 Å². The molecule has 1 fully saturated rings. The molecule has 1 aromatic rings. The third kappa shape index (κ3) is 2.87. The van der Waals surface area contributed by atoms with Crippen LogP contribution in [0.4, 0.5) is 0 Å². The molecule has 1 aliphatic heterocycles. The Bertz CT molecular complexity index is 436. The van der Waals surface area contributed by atoms with Crippen LogP contribution >= 0.6 is 0 Å². The van der Waals surface area contributed by atoms with Gasteiger partial charge in [0.05, 0.1) is 5.69 Å². The quantitative estimate of drug-likeness (QED) is 0.762. The zero-order valence-corrected chi connectivity index (χ0v) is 10.1. The van der Waals surface area contributed by atoms with Gasteiger partial charge in [-0.25, -0.2) is 0 Å². The topological polar surface area (TPSA) is 57.5 Å². The first-order valence-electron chi connectivity index (χ1n) is 6.00. The third-order valence-corrected chi connectivity index (χ3v) is 3.28. The maximum absolute atomic E-state index is 11.2. The number of aromatic hydroxyl groups is 1. The molecule has 17 heavy (non-hydrogen) atoms. The minimum Gasteiger partial charge on any atom is -0.503 e. The molecule has 0 amide bonds. The van der Waals surface area contributed by atoms with E-state index in [1.165, 1.54) is 6.07 Å². The van der Waals surface area contributed by atoms with Gasteiger partial charge in [-0.05, 0) is 6.92 Å². The number of rotatable bonds is 3. The summed E-state index contributed by atoms with van der Waals surface area (Å²) in [5.41, 5.74) is 0.341. The molecule has 0 spiro atoms. The Morgan fingerprint density at radius 3 is 2.76 bits per heavy atom. The summed E-state index contributed by atoms with van der Waals surface area (Å²) in [4.78, 5) is 13.6. The van der Waals surface area contributed by atoms with Crippen molar-refractivity contribution in [2.75, 3.05) is 32.7 Å². The molecule has 0 unspecified atom stereocenters. The summed E-state index contributed by atoms with van der Waals surface area (Å²) in [6.45, 7) is 7.72. The second-order valence-corrected chi connectivity index (χ2v) is 4.40. The molecule has 0 aromatic carbocycles. The van der Waals surface area contributed by atoms with Crippen LogP contribution in [0.2, 0.25) is 0 Å². The van der Waals surface area contributed by atoms with Crippen LogP contribution in [-0.4, -0.2) is 47.3 Å². The van der Waals surface area contributed by atoms with Crippen molar-refractivity contribution in [2.45, 2.75) is 13.5 Å². The van der Waals surface area contributed by atoms with Crippen LogP contribution in [0, 0.1) is 6.92 Å². The lowest BCUT2D eigenvalue weighted by Gasteiger charge is -2.27. The minimum atomic E-state index is -0.305. The lowest BCUT2D eigenvalue weighted by Crippen LogP contribution is -2.44.